The van der Waals surface area contributed by atoms with Gasteiger partial charge < -0.3 is 47.6 Å². The normalized spacial score (nSPS) is 15.0. The van der Waals surface area contributed by atoms with Gasteiger partial charge in [0.15, 0.2) is 0 Å². The summed E-state index contributed by atoms with van der Waals surface area (Å²) < 4.78 is 0. The van der Waals surface area contributed by atoms with E-state index in [0.29, 0.717) is 22.6 Å². The molecule has 15 nitrogen and oxygen atoms in total. The molecule has 3 aromatic rings. The Kier molecular flexibility index (Phi) is 15.7. The van der Waals surface area contributed by atoms with Crippen LogP contribution in [0.1, 0.15) is 76.1 Å². The maximum Gasteiger partial charge on any atom is 0.246 e. The molecule has 0 fully saturated rings. The smallest absolute Gasteiger partial charge is 0.246 e. The summed E-state index contributed by atoms with van der Waals surface area (Å²) in [6.45, 7) is 8.28. The zero-order chi connectivity index (χ0) is 41.6. The molecule has 0 bridgehead atoms. The SMILES string of the molecule is CCC(C)N/C1=C(\N)c2ccccc2CN(C(=O)CCC(=O)NCC(=O)NCC(=O)N[C@H](C(=O)N[C@@H](C)C(=O)Nc2ccc(CO)cc2)C(C)C)c2ccccc21. The number of benzene rings is 3. The molecule has 1 aliphatic heterocycles. The Morgan fingerprint density at radius 2 is 1.39 bits per heavy atom. The molecule has 0 aliphatic carbocycles. The number of nitrogens with one attached hydrogen (secondary N) is 6. The molecule has 0 radical (unpaired) electrons. The molecular weight excluding hydrogens is 729 g/mol. The van der Waals surface area contributed by atoms with Gasteiger partial charge in [0.1, 0.15) is 12.1 Å². The van der Waals surface area contributed by atoms with Crippen molar-refractivity contribution in [2.24, 2.45) is 11.7 Å². The number of nitrogens with zero attached hydrogens (tertiary/aromatic N) is 1. The van der Waals surface area contributed by atoms with Crippen molar-refractivity contribution in [2.45, 2.75) is 85.2 Å². The number of hydrogen-bond donors (Lipinski definition) is 8. The Morgan fingerprint density at radius 1 is 0.754 bits per heavy atom. The number of rotatable bonds is 17. The van der Waals surface area contributed by atoms with Crippen LogP contribution in [0.5, 0.6) is 0 Å². The topological polar surface area (TPSA) is 224 Å². The number of nitrogens with two attached hydrogens (primary N) is 1. The molecule has 9 N–H and O–H groups in total. The van der Waals surface area contributed by atoms with Crippen molar-refractivity contribution < 1.29 is 33.9 Å². The van der Waals surface area contributed by atoms with E-state index < -0.39 is 54.7 Å². The van der Waals surface area contributed by atoms with E-state index in [9.17, 15) is 33.9 Å². The Hall–Kier alpha value is -6.22. The predicted molar refractivity (Wildman–Crippen MR) is 219 cm³/mol. The van der Waals surface area contributed by atoms with E-state index >= 15 is 0 Å². The van der Waals surface area contributed by atoms with Crippen LogP contribution in [0.15, 0.2) is 72.8 Å². The van der Waals surface area contributed by atoms with Gasteiger partial charge in [-0.05, 0) is 55.5 Å². The summed E-state index contributed by atoms with van der Waals surface area (Å²) in [5.74, 6) is -3.53. The molecule has 6 amide bonds. The van der Waals surface area contributed by atoms with Crippen LogP contribution in [0.2, 0.25) is 0 Å². The van der Waals surface area contributed by atoms with Gasteiger partial charge in [-0.2, -0.15) is 0 Å². The summed E-state index contributed by atoms with van der Waals surface area (Å²) in [6.07, 6.45) is 0.547. The number of aliphatic hydroxyl groups excluding tert-OH is 1. The first kappa shape index (κ1) is 43.5. The van der Waals surface area contributed by atoms with Gasteiger partial charge in [0.25, 0.3) is 0 Å². The van der Waals surface area contributed by atoms with Gasteiger partial charge in [-0.1, -0.05) is 75.4 Å². The summed E-state index contributed by atoms with van der Waals surface area (Å²) in [6, 6.07) is 19.9. The van der Waals surface area contributed by atoms with Crippen LogP contribution in [-0.2, 0) is 41.9 Å². The number of para-hydroxylation sites is 1. The van der Waals surface area contributed by atoms with Gasteiger partial charge in [0.2, 0.25) is 35.4 Å². The van der Waals surface area contributed by atoms with Crippen LogP contribution in [0.25, 0.3) is 11.4 Å². The molecule has 3 aromatic carbocycles. The Bertz CT molecular complexity index is 1960. The van der Waals surface area contributed by atoms with E-state index in [2.05, 4.69) is 45.7 Å². The average molecular weight is 783 g/mol. The first-order chi connectivity index (χ1) is 27.2. The van der Waals surface area contributed by atoms with Gasteiger partial charge in [0, 0.05) is 35.7 Å². The number of fused-ring (bicyclic) bond motifs is 2. The minimum atomic E-state index is -1.00. The predicted octanol–water partition coefficient (Wildman–Crippen LogP) is 2.49. The average Bonchev–Trinajstić information content (AvgIpc) is 3.20. The lowest BCUT2D eigenvalue weighted by Gasteiger charge is -2.31. The fourth-order valence-electron chi connectivity index (χ4n) is 6.04. The second kappa shape index (κ2) is 20.6. The number of aliphatic hydroxyl groups is 1. The number of hydrogen-bond acceptors (Lipinski definition) is 9. The monoisotopic (exact) mass is 782 g/mol. The summed E-state index contributed by atoms with van der Waals surface area (Å²) in [7, 11) is 0. The molecule has 0 saturated carbocycles. The molecule has 1 aliphatic rings. The standard InChI is InChI=1S/C42H54N8O7/c1-6-26(4)46-40-32-13-9-10-14-33(32)50(23-29-11-7-8-12-31(29)38(40)43)37(55)20-19-34(52)44-21-35(53)45-22-36(54)49-39(25(2)3)42(57)47-27(5)41(56)48-30-17-15-28(24-51)16-18-30/h7-18,25-27,39,46,51H,6,19-24,43H2,1-5H3,(H,44,52)(H,45,53)(H,47,57)(H,48,56)(H,49,54)/b40-38-/t26?,27-,39-/m0/s1. The second-order valence-electron chi connectivity index (χ2n) is 14.3. The third kappa shape index (κ3) is 12.1. The molecule has 0 aromatic heterocycles. The van der Waals surface area contributed by atoms with E-state index in [-0.39, 0.29) is 43.9 Å². The summed E-state index contributed by atoms with van der Waals surface area (Å²) in [5.41, 5.74) is 12.3. The van der Waals surface area contributed by atoms with Crippen LogP contribution in [0.3, 0.4) is 0 Å². The minimum absolute atomic E-state index is 0.112. The van der Waals surface area contributed by atoms with Crippen molar-refractivity contribution in [1.82, 2.24) is 26.6 Å². The molecule has 0 saturated heterocycles. The highest BCUT2D eigenvalue weighted by molar-refractivity contribution is 6.02. The second-order valence-corrected chi connectivity index (χ2v) is 14.3. The molecule has 1 unspecified atom stereocenters. The molecule has 57 heavy (non-hydrogen) atoms. The highest BCUT2D eigenvalue weighted by Gasteiger charge is 2.29. The van der Waals surface area contributed by atoms with Gasteiger partial charge in [0.05, 0.1) is 43.3 Å². The first-order valence-electron chi connectivity index (χ1n) is 19.1. The van der Waals surface area contributed by atoms with Crippen molar-refractivity contribution in [1.29, 1.82) is 0 Å². The highest BCUT2D eigenvalue weighted by atomic mass is 16.3. The van der Waals surface area contributed by atoms with Crippen LogP contribution in [0, 0.1) is 5.92 Å². The highest BCUT2D eigenvalue weighted by Crippen LogP contribution is 2.35. The maximum absolute atomic E-state index is 13.8. The van der Waals surface area contributed by atoms with E-state index in [0.717, 1.165) is 28.8 Å². The van der Waals surface area contributed by atoms with Gasteiger partial charge in [-0.3, -0.25) is 28.8 Å². The lowest BCUT2D eigenvalue weighted by atomic mass is 9.95. The zero-order valence-corrected chi connectivity index (χ0v) is 33.1. The van der Waals surface area contributed by atoms with Crippen LogP contribution in [0.4, 0.5) is 11.4 Å². The van der Waals surface area contributed by atoms with Gasteiger partial charge in [-0.15, -0.1) is 0 Å². The van der Waals surface area contributed by atoms with Crippen molar-refractivity contribution in [2.75, 3.05) is 23.3 Å². The third-order valence-electron chi connectivity index (χ3n) is 9.55. The minimum Gasteiger partial charge on any atom is -0.397 e. The maximum atomic E-state index is 13.8. The van der Waals surface area contributed by atoms with Crippen molar-refractivity contribution >= 4 is 58.2 Å². The summed E-state index contributed by atoms with van der Waals surface area (Å²) >= 11 is 0. The Morgan fingerprint density at radius 3 is 2.05 bits per heavy atom. The largest absolute Gasteiger partial charge is 0.397 e. The van der Waals surface area contributed by atoms with E-state index in [1.54, 1.807) is 43.0 Å². The Balaban J connectivity index is 1.26. The molecule has 4 rings (SSSR count). The number of anilines is 2. The Labute approximate surface area is 333 Å². The van der Waals surface area contributed by atoms with Crippen LogP contribution >= 0.6 is 0 Å². The van der Waals surface area contributed by atoms with Crippen LogP contribution < -0.4 is 42.5 Å². The van der Waals surface area contributed by atoms with Gasteiger partial charge >= 0.3 is 0 Å². The van der Waals surface area contributed by atoms with Crippen molar-refractivity contribution in [3.63, 3.8) is 0 Å². The van der Waals surface area contributed by atoms with E-state index in [4.69, 9.17) is 5.73 Å². The van der Waals surface area contributed by atoms with E-state index in [1.165, 1.54) is 6.92 Å². The number of amides is 6. The summed E-state index contributed by atoms with van der Waals surface area (Å²) in [5, 5.41) is 25.5. The molecule has 15 heteroatoms. The van der Waals surface area contributed by atoms with E-state index in [1.807, 2.05) is 48.5 Å². The summed E-state index contributed by atoms with van der Waals surface area (Å²) in [4.78, 5) is 79.2. The molecule has 304 valence electrons. The van der Waals surface area contributed by atoms with Crippen molar-refractivity contribution in [3.8, 4) is 0 Å². The van der Waals surface area contributed by atoms with Crippen LogP contribution in [-0.4, -0.2) is 71.8 Å². The third-order valence-corrected chi connectivity index (χ3v) is 9.55. The lowest BCUT2D eigenvalue weighted by Crippen LogP contribution is -2.55. The number of carbonyl (C=O) groups is 6. The molecule has 1 heterocycles. The fourth-order valence-corrected chi connectivity index (χ4v) is 6.04. The molecular formula is C42H54N8O7. The quantitative estimate of drug-likeness (QED) is 0.101. The van der Waals surface area contributed by atoms with Crippen molar-refractivity contribution in [3.05, 3.63) is 95.1 Å². The zero-order valence-electron chi connectivity index (χ0n) is 33.1. The molecule has 0 spiro atoms. The fraction of sp³-hybridized carbons (Fsp3) is 0.381. The molecule has 3 atom stereocenters. The number of carbonyl (C=O) groups excluding carboxylic acids is 6. The lowest BCUT2D eigenvalue weighted by molar-refractivity contribution is -0.132. The van der Waals surface area contributed by atoms with Gasteiger partial charge in [-0.25, -0.2) is 0 Å². The first-order valence-corrected chi connectivity index (χ1v) is 19.1.